The van der Waals surface area contributed by atoms with Gasteiger partial charge in [-0.25, -0.2) is 4.98 Å². The normalized spacial score (nSPS) is 16.6. The summed E-state index contributed by atoms with van der Waals surface area (Å²) in [6.07, 6.45) is 5.93. The molecule has 1 aromatic carbocycles. The average molecular weight is 377 g/mol. The van der Waals surface area contributed by atoms with Crippen LogP contribution in [0.25, 0.3) is 16.8 Å². The summed E-state index contributed by atoms with van der Waals surface area (Å²) in [5.74, 6) is 0. The van der Waals surface area contributed by atoms with Crippen LogP contribution in [-0.2, 0) is 6.42 Å². The second kappa shape index (κ2) is 8.15. The summed E-state index contributed by atoms with van der Waals surface area (Å²) < 4.78 is 1.68. The lowest BCUT2D eigenvalue weighted by molar-refractivity contribution is 0.774. The van der Waals surface area contributed by atoms with Gasteiger partial charge in [-0.05, 0) is 62.1 Å². The fraction of sp³-hybridized carbons (Fsp3) is 0.391. The van der Waals surface area contributed by atoms with Crippen LogP contribution in [0.1, 0.15) is 37.4 Å². The summed E-state index contributed by atoms with van der Waals surface area (Å²) in [6, 6.07) is 12.6. The molecule has 0 unspecified atom stereocenters. The largest absolute Gasteiger partial charge is 0.381 e. The zero-order valence-corrected chi connectivity index (χ0v) is 16.7. The van der Waals surface area contributed by atoms with E-state index in [0.717, 1.165) is 72.5 Å². The molecule has 1 atom stereocenters. The van der Waals surface area contributed by atoms with Gasteiger partial charge in [-0.15, -0.1) is 0 Å². The van der Waals surface area contributed by atoms with Crippen molar-refractivity contribution in [3.8, 4) is 11.1 Å². The van der Waals surface area contributed by atoms with Crippen molar-refractivity contribution in [1.29, 1.82) is 0 Å². The molecule has 0 radical (unpaired) electrons. The van der Waals surface area contributed by atoms with Crippen LogP contribution in [-0.4, -0.2) is 28.5 Å². The minimum Gasteiger partial charge on any atom is -0.381 e. The highest BCUT2D eigenvalue weighted by Gasteiger charge is 2.16. The first kappa shape index (κ1) is 18.7. The zero-order valence-electron chi connectivity index (χ0n) is 16.7. The van der Waals surface area contributed by atoms with E-state index in [0.29, 0.717) is 6.04 Å². The summed E-state index contributed by atoms with van der Waals surface area (Å²) >= 11 is 0. The van der Waals surface area contributed by atoms with Crippen molar-refractivity contribution in [2.75, 3.05) is 18.4 Å². The van der Waals surface area contributed by atoms with Crippen molar-refractivity contribution in [3.63, 3.8) is 0 Å². The number of nitrogens with zero attached hydrogens (tertiary/aromatic N) is 2. The van der Waals surface area contributed by atoms with Crippen LogP contribution < -0.4 is 16.2 Å². The van der Waals surface area contributed by atoms with Crippen LogP contribution in [0.15, 0.2) is 47.4 Å². The van der Waals surface area contributed by atoms with Gasteiger partial charge in [0.15, 0.2) is 0 Å². The maximum Gasteiger partial charge on any atom is 0.266 e. The fourth-order valence-corrected chi connectivity index (χ4v) is 3.85. The lowest BCUT2D eigenvalue weighted by atomic mass is 10.0. The minimum atomic E-state index is 0.0144. The molecular weight excluding hydrogens is 348 g/mol. The molecule has 1 fully saturated rings. The van der Waals surface area contributed by atoms with Crippen molar-refractivity contribution < 1.29 is 0 Å². The highest BCUT2D eigenvalue weighted by atomic mass is 16.1. The van der Waals surface area contributed by atoms with E-state index < -0.39 is 0 Å². The van der Waals surface area contributed by atoms with Gasteiger partial charge in [-0.1, -0.05) is 31.5 Å². The van der Waals surface area contributed by atoms with Gasteiger partial charge in [0, 0.05) is 24.5 Å². The van der Waals surface area contributed by atoms with Crippen molar-refractivity contribution in [2.24, 2.45) is 0 Å². The lowest BCUT2D eigenvalue weighted by Gasteiger charge is -2.14. The van der Waals surface area contributed by atoms with Crippen LogP contribution in [0.4, 0.5) is 5.69 Å². The van der Waals surface area contributed by atoms with Gasteiger partial charge in [0.05, 0.1) is 11.3 Å². The number of pyridine rings is 1. The number of anilines is 1. The Morgan fingerprint density at radius 3 is 2.75 bits per heavy atom. The number of hydrogen-bond donors (Lipinski definition) is 2. The highest BCUT2D eigenvalue weighted by molar-refractivity contribution is 5.69. The second-order valence-electron chi connectivity index (χ2n) is 7.69. The predicted octanol–water partition coefficient (Wildman–Crippen LogP) is 3.79. The third-order valence-electron chi connectivity index (χ3n) is 5.42. The Kier molecular flexibility index (Phi) is 5.44. The van der Waals surface area contributed by atoms with Crippen molar-refractivity contribution in [1.82, 2.24) is 14.7 Å². The Morgan fingerprint density at radius 2 is 2.04 bits per heavy atom. The number of unbranched alkanes of at least 4 members (excludes halogenated alkanes) is 1. The molecule has 1 aliphatic heterocycles. The Morgan fingerprint density at radius 1 is 1.21 bits per heavy atom. The molecule has 0 saturated carbocycles. The van der Waals surface area contributed by atoms with E-state index in [-0.39, 0.29) is 5.56 Å². The summed E-state index contributed by atoms with van der Waals surface area (Å²) in [6.45, 7) is 6.22. The highest BCUT2D eigenvalue weighted by Crippen LogP contribution is 2.24. The maximum atomic E-state index is 13.3. The molecule has 5 heteroatoms. The fourth-order valence-electron chi connectivity index (χ4n) is 3.85. The van der Waals surface area contributed by atoms with Crippen LogP contribution in [0, 0.1) is 6.92 Å². The molecule has 0 bridgehead atoms. The van der Waals surface area contributed by atoms with Crippen LogP contribution in [0.2, 0.25) is 0 Å². The number of rotatable bonds is 6. The average Bonchev–Trinajstić information content (AvgIpc) is 3.21. The molecule has 2 N–H and O–H groups in total. The molecule has 0 spiro atoms. The monoisotopic (exact) mass is 376 g/mol. The molecule has 4 rings (SSSR count). The molecule has 0 amide bonds. The topological polar surface area (TPSA) is 58.4 Å². The van der Waals surface area contributed by atoms with Crippen LogP contribution in [0.3, 0.4) is 0 Å². The van der Waals surface area contributed by atoms with E-state index >= 15 is 0 Å². The number of nitrogens with one attached hydrogen (secondary N) is 2. The molecule has 1 saturated heterocycles. The summed E-state index contributed by atoms with van der Waals surface area (Å²) in [5.41, 5.74) is 5.44. The smallest absolute Gasteiger partial charge is 0.266 e. The molecule has 2 aromatic heterocycles. The first-order valence-corrected chi connectivity index (χ1v) is 10.3. The van der Waals surface area contributed by atoms with Crippen LogP contribution >= 0.6 is 0 Å². The first-order valence-electron chi connectivity index (χ1n) is 10.3. The number of aromatic nitrogens is 2. The molecular formula is C23H28N4O. The number of benzene rings is 1. The summed E-state index contributed by atoms with van der Waals surface area (Å²) in [7, 11) is 0. The van der Waals surface area contributed by atoms with Gasteiger partial charge in [0.2, 0.25) is 0 Å². The predicted molar refractivity (Wildman–Crippen MR) is 115 cm³/mol. The molecule has 146 valence electrons. The van der Waals surface area contributed by atoms with Gasteiger partial charge in [0.25, 0.3) is 5.56 Å². The Balaban J connectivity index is 1.74. The molecule has 3 heterocycles. The van der Waals surface area contributed by atoms with Gasteiger partial charge in [-0.2, -0.15) is 0 Å². The molecule has 3 aromatic rings. The summed E-state index contributed by atoms with van der Waals surface area (Å²) in [5, 5.41) is 6.93. The maximum absolute atomic E-state index is 13.3. The third-order valence-corrected chi connectivity index (χ3v) is 5.42. The number of fused-ring (bicyclic) bond motifs is 1. The molecule has 1 aliphatic rings. The van der Waals surface area contributed by atoms with Crippen molar-refractivity contribution in [2.45, 2.75) is 45.6 Å². The number of aryl methyl sites for hydroxylation is 2. The van der Waals surface area contributed by atoms with E-state index in [1.54, 1.807) is 4.40 Å². The minimum absolute atomic E-state index is 0.0144. The van der Waals surface area contributed by atoms with Crippen molar-refractivity contribution in [3.05, 3.63) is 64.2 Å². The Hall–Kier alpha value is -2.66. The zero-order chi connectivity index (χ0) is 19.5. The lowest BCUT2D eigenvalue weighted by Crippen LogP contribution is -2.22. The van der Waals surface area contributed by atoms with E-state index in [1.165, 1.54) is 0 Å². The molecule has 0 aliphatic carbocycles. The van der Waals surface area contributed by atoms with Gasteiger partial charge >= 0.3 is 0 Å². The Bertz CT molecular complexity index is 1020. The van der Waals surface area contributed by atoms with Gasteiger partial charge in [0.1, 0.15) is 5.65 Å². The second-order valence-corrected chi connectivity index (χ2v) is 7.69. The van der Waals surface area contributed by atoms with Gasteiger partial charge in [-0.3, -0.25) is 9.20 Å². The van der Waals surface area contributed by atoms with Crippen molar-refractivity contribution >= 4 is 11.3 Å². The van der Waals surface area contributed by atoms with E-state index in [2.05, 4.69) is 29.7 Å². The van der Waals surface area contributed by atoms with E-state index in [9.17, 15) is 4.79 Å². The standard InChI is InChI=1S/C23H28N4O/c1-3-4-5-20-22(23(28)27-15-16(2)6-11-21(27)26-20)17-7-9-18(10-8-17)25-19-12-13-24-14-19/h6-11,15,19,24-25H,3-5,12-14H2,1-2H3/t19-/m1/s1. The van der Waals surface area contributed by atoms with Crippen LogP contribution in [0.5, 0.6) is 0 Å². The van der Waals surface area contributed by atoms with E-state index in [4.69, 9.17) is 4.98 Å². The molecule has 28 heavy (non-hydrogen) atoms. The quantitative estimate of drug-likeness (QED) is 0.687. The third kappa shape index (κ3) is 3.80. The first-order chi connectivity index (χ1) is 13.7. The SMILES string of the molecule is CCCCc1nc2ccc(C)cn2c(=O)c1-c1ccc(N[C@@H]2CCNC2)cc1. The number of hydrogen-bond acceptors (Lipinski definition) is 4. The summed E-state index contributed by atoms with van der Waals surface area (Å²) in [4.78, 5) is 18.2. The van der Waals surface area contributed by atoms with E-state index in [1.807, 2.05) is 37.4 Å². The Labute approximate surface area is 165 Å². The van der Waals surface area contributed by atoms with Gasteiger partial charge < -0.3 is 10.6 Å². The molecule has 5 nitrogen and oxygen atoms in total.